The molecule has 0 saturated heterocycles. The van der Waals surface area contributed by atoms with Crippen LogP contribution in [0.3, 0.4) is 0 Å². The van der Waals surface area contributed by atoms with Crippen LogP contribution in [0.4, 0.5) is 5.69 Å². The molecule has 0 saturated carbocycles. The molecule has 5 nitrogen and oxygen atoms in total. The van der Waals surface area contributed by atoms with E-state index in [0.29, 0.717) is 10.7 Å². The van der Waals surface area contributed by atoms with E-state index in [1.54, 1.807) is 18.2 Å². The molecule has 126 valence electrons. The fourth-order valence-corrected chi connectivity index (χ4v) is 2.27. The number of halogens is 4. The zero-order valence-electron chi connectivity index (χ0n) is 12.1. The van der Waals surface area contributed by atoms with Crippen molar-refractivity contribution in [3.8, 4) is 0 Å². The van der Waals surface area contributed by atoms with Crippen molar-refractivity contribution >= 4 is 64.0 Å². The number of esters is 1. The number of carbonyl (C=O) groups is 2. The number of aromatic nitrogens is 1. The minimum absolute atomic E-state index is 0.0645. The Bertz CT molecular complexity index is 798. The number of nitrogens with one attached hydrogen (secondary N) is 1. The van der Waals surface area contributed by atoms with Crippen LogP contribution < -0.4 is 5.32 Å². The Hall–Kier alpha value is -1.53. The lowest BCUT2D eigenvalue weighted by atomic mass is 10.2. The molecule has 9 heteroatoms. The Balaban J connectivity index is 2.04. The number of carbonyl (C=O) groups excluding carboxylic acids is 2. The largest absolute Gasteiger partial charge is 0.449 e. The molecule has 0 aliphatic heterocycles. The Morgan fingerprint density at radius 3 is 2.54 bits per heavy atom. The van der Waals surface area contributed by atoms with E-state index >= 15 is 0 Å². The molecule has 0 aliphatic rings. The van der Waals surface area contributed by atoms with Gasteiger partial charge in [-0.1, -0.05) is 52.5 Å². The van der Waals surface area contributed by atoms with Gasteiger partial charge in [0, 0.05) is 6.20 Å². The first-order valence-electron chi connectivity index (χ1n) is 6.56. The summed E-state index contributed by atoms with van der Waals surface area (Å²) in [6, 6.07) is 6.09. The van der Waals surface area contributed by atoms with E-state index in [0.717, 1.165) is 0 Å². The first-order chi connectivity index (χ1) is 11.3. The zero-order valence-corrected chi connectivity index (χ0v) is 15.2. The molecular weight excluding hydrogens is 398 g/mol. The van der Waals surface area contributed by atoms with Crippen LogP contribution in [0.1, 0.15) is 17.3 Å². The maximum absolute atomic E-state index is 12.1. The van der Waals surface area contributed by atoms with Crippen molar-refractivity contribution in [3.63, 3.8) is 0 Å². The molecule has 2 aromatic rings. The van der Waals surface area contributed by atoms with E-state index in [1.807, 2.05) is 0 Å². The van der Waals surface area contributed by atoms with Crippen molar-refractivity contribution in [3.05, 3.63) is 56.2 Å². The third-order valence-electron chi connectivity index (χ3n) is 2.89. The number of amides is 1. The van der Waals surface area contributed by atoms with E-state index in [-0.39, 0.29) is 20.8 Å². The normalized spacial score (nSPS) is 11.7. The van der Waals surface area contributed by atoms with Gasteiger partial charge in [-0.3, -0.25) is 4.79 Å². The van der Waals surface area contributed by atoms with Gasteiger partial charge < -0.3 is 10.1 Å². The number of rotatable bonds is 4. The highest BCUT2D eigenvalue weighted by Gasteiger charge is 2.21. The molecule has 1 unspecified atom stereocenters. The fourth-order valence-electron chi connectivity index (χ4n) is 1.65. The van der Waals surface area contributed by atoms with Gasteiger partial charge in [0.25, 0.3) is 5.91 Å². The summed E-state index contributed by atoms with van der Waals surface area (Å²) in [4.78, 5) is 27.9. The number of benzene rings is 1. The van der Waals surface area contributed by atoms with E-state index in [1.165, 1.54) is 19.2 Å². The number of pyridine rings is 1. The van der Waals surface area contributed by atoms with Gasteiger partial charge in [-0.2, -0.15) is 0 Å². The highest BCUT2D eigenvalue weighted by molar-refractivity contribution is 6.44. The predicted molar refractivity (Wildman–Crippen MR) is 94.2 cm³/mol. The second-order valence-electron chi connectivity index (χ2n) is 4.63. The lowest BCUT2D eigenvalue weighted by molar-refractivity contribution is -0.123. The molecule has 1 amide bonds. The van der Waals surface area contributed by atoms with Crippen LogP contribution in [0, 0.1) is 0 Å². The molecule has 24 heavy (non-hydrogen) atoms. The summed E-state index contributed by atoms with van der Waals surface area (Å²) < 4.78 is 5.07. The SMILES string of the molecule is CC(OC(=O)c1cnc(Cl)c(Cl)c1)C(=O)Nc1cccc(Cl)c1Cl. The molecule has 0 bridgehead atoms. The number of ether oxygens (including phenoxy) is 1. The Morgan fingerprint density at radius 2 is 1.88 bits per heavy atom. The first kappa shape index (κ1) is 18.8. The average Bonchev–Trinajstić information content (AvgIpc) is 2.54. The topological polar surface area (TPSA) is 68.3 Å². The summed E-state index contributed by atoms with van der Waals surface area (Å²) >= 11 is 23.3. The van der Waals surface area contributed by atoms with Gasteiger partial charge >= 0.3 is 5.97 Å². The zero-order chi connectivity index (χ0) is 17.9. The lowest BCUT2D eigenvalue weighted by Gasteiger charge is -2.14. The second kappa shape index (κ2) is 8.03. The quantitative estimate of drug-likeness (QED) is 0.579. The molecule has 0 fully saturated rings. The molecule has 1 aromatic heterocycles. The van der Waals surface area contributed by atoms with Gasteiger partial charge in [0.05, 0.1) is 26.3 Å². The van der Waals surface area contributed by atoms with Crippen LogP contribution in [0.2, 0.25) is 20.2 Å². The maximum atomic E-state index is 12.1. The number of nitrogens with zero attached hydrogens (tertiary/aromatic N) is 1. The van der Waals surface area contributed by atoms with E-state index in [2.05, 4.69) is 10.3 Å². The molecular formula is C15H10Cl4N2O3. The monoisotopic (exact) mass is 406 g/mol. The molecule has 1 N–H and O–H groups in total. The van der Waals surface area contributed by atoms with Crippen LogP contribution >= 0.6 is 46.4 Å². The van der Waals surface area contributed by atoms with Gasteiger partial charge in [-0.05, 0) is 25.1 Å². The Labute approximate surface area is 157 Å². The molecule has 1 atom stereocenters. The highest BCUT2D eigenvalue weighted by atomic mass is 35.5. The molecule has 0 spiro atoms. The molecule has 1 aromatic carbocycles. The molecule has 0 aliphatic carbocycles. The van der Waals surface area contributed by atoms with E-state index in [9.17, 15) is 9.59 Å². The Morgan fingerprint density at radius 1 is 1.17 bits per heavy atom. The van der Waals surface area contributed by atoms with Crippen molar-refractivity contribution in [2.24, 2.45) is 0 Å². The third-order valence-corrected chi connectivity index (χ3v) is 4.40. The van der Waals surface area contributed by atoms with Gasteiger partial charge in [-0.25, -0.2) is 9.78 Å². The van der Waals surface area contributed by atoms with Crippen LogP contribution in [0.5, 0.6) is 0 Å². The van der Waals surface area contributed by atoms with Crippen LogP contribution in [0.15, 0.2) is 30.5 Å². The summed E-state index contributed by atoms with van der Waals surface area (Å²) in [6.07, 6.45) is 0.122. The lowest BCUT2D eigenvalue weighted by Crippen LogP contribution is -2.30. The summed E-state index contributed by atoms with van der Waals surface area (Å²) in [5.41, 5.74) is 0.387. The number of anilines is 1. The Kier molecular flexibility index (Phi) is 6.29. The summed E-state index contributed by atoms with van der Waals surface area (Å²) in [6.45, 7) is 1.41. The van der Waals surface area contributed by atoms with Crippen LogP contribution in [-0.2, 0) is 9.53 Å². The minimum Gasteiger partial charge on any atom is -0.449 e. The average molecular weight is 408 g/mol. The molecule has 0 radical (unpaired) electrons. The van der Waals surface area contributed by atoms with Crippen molar-refractivity contribution in [2.45, 2.75) is 13.0 Å². The number of hydrogen-bond acceptors (Lipinski definition) is 4. The van der Waals surface area contributed by atoms with Crippen molar-refractivity contribution in [2.75, 3.05) is 5.32 Å². The first-order valence-corrected chi connectivity index (χ1v) is 8.07. The van der Waals surface area contributed by atoms with Gasteiger partial charge in [0.2, 0.25) is 0 Å². The summed E-state index contributed by atoms with van der Waals surface area (Å²) in [7, 11) is 0. The van der Waals surface area contributed by atoms with Crippen LogP contribution in [-0.4, -0.2) is 23.0 Å². The predicted octanol–water partition coefficient (Wildman–Crippen LogP) is 4.88. The molecule has 1 heterocycles. The fraction of sp³-hybridized carbons (Fsp3) is 0.133. The minimum atomic E-state index is -1.08. The standard InChI is InChI=1S/C15H10Cl4N2O3/c1-7(14(22)21-11-4-2-3-9(16)12(11)18)24-15(23)8-5-10(17)13(19)20-6-8/h2-7H,1H3,(H,21,22). The van der Waals surface area contributed by atoms with Crippen molar-refractivity contribution in [1.82, 2.24) is 4.98 Å². The maximum Gasteiger partial charge on any atom is 0.340 e. The van der Waals surface area contributed by atoms with Crippen molar-refractivity contribution in [1.29, 1.82) is 0 Å². The highest BCUT2D eigenvalue weighted by Crippen LogP contribution is 2.29. The van der Waals surface area contributed by atoms with Gasteiger partial charge in [0.1, 0.15) is 5.15 Å². The van der Waals surface area contributed by atoms with Crippen LogP contribution in [0.25, 0.3) is 0 Å². The summed E-state index contributed by atoms with van der Waals surface area (Å²) in [5, 5.41) is 3.19. The smallest absolute Gasteiger partial charge is 0.340 e. The van der Waals surface area contributed by atoms with Crippen molar-refractivity contribution < 1.29 is 14.3 Å². The second-order valence-corrected chi connectivity index (χ2v) is 6.19. The van der Waals surface area contributed by atoms with E-state index < -0.39 is 18.0 Å². The number of hydrogen-bond donors (Lipinski definition) is 1. The van der Waals surface area contributed by atoms with Gasteiger partial charge in [0.15, 0.2) is 6.10 Å². The van der Waals surface area contributed by atoms with Gasteiger partial charge in [-0.15, -0.1) is 0 Å². The molecule has 2 rings (SSSR count). The summed E-state index contributed by atoms with van der Waals surface area (Å²) in [5.74, 6) is -1.33. The third kappa shape index (κ3) is 4.51. The van der Waals surface area contributed by atoms with E-state index in [4.69, 9.17) is 51.1 Å².